The van der Waals surface area contributed by atoms with Crippen molar-refractivity contribution >= 4 is 22.5 Å². The Balaban J connectivity index is 1.94. The lowest BCUT2D eigenvalue weighted by Gasteiger charge is -2.06. The number of methoxy groups -OCH3 is 1. The number of nitrogens with zero attached hydrogens (tertiary/aromatic N) is 1. The summed E-state index contributed by atoms with van der Waals surface area (Å²) in [6, 6.07) is 15.5. The molecule has 5 nitrogen and oxygen atoms in total. The summed E-state index contributed by atoms with van der Waals surface area (Å²) in [4.78, 5) is 11.6. The van der Waals surface area contributed by atoms with Gasteiger partial charge in [0.2, 0.25) is 5.91 Å². The number of hydrogen-bond acceptors (Lipinski definition) is 3. The number of para-hydroxylation sites is 1. The van der Waals surface area contributed by atoms with Crippen molar-refractivity contribution in [2.75, 3.05) is 19.0 Å². The summed E-state index contributed by atoms with van der Waals surface area (Å²) in [6.45, 7) is 0.0373. The molecule has 3 rings (SSSR count). The van der Waals surface area contributed by atoms with Gasteiger partial charge in [-0.1, -0.05) is 30.3 Å². The van der Waals surface area contributed by atoms with E-state index in [2.05, 4.69) is 15.5 Å². The minimum atomic E-state index is -0.179. The molecule has 1 amide bonds. The quantitative estimate of drug-likeness (QED) is 0.772. The number of aromatic amines is 1. The molecule has 21 heavy (non-hydrogen) atoms. The third-order valence-corrected chi connectivity index (χ3v) is 3.17. The fraction of sp³-hybridized carbons (Fsp3) is 0.125. The molecule has 0 atom stereocenters. The van der Waals surface area contributed by atoms with Gasteiger partial charge in [0.1, 0.15) is 6.61 Å². The fourth-order valence-corrected chi connectivity index (χ4v) is 2.26. The van der Waals surface area contributed by atoms with E-state index in [1.54, 1.807) is 0 Å². The van der Waals surface area contributed by atoms with Gasteiger partial charge in [0.15, 0.2) is 0 Å². The van der Waals surface area contributed by atoms with Gasteiger partial charge >= 0.3 is 0 Å². The molecule has 0 saturated heterocycles. The van der Waals surface area contributed by atoms with Crippen LogP contribution in [0.4, 0.5) is 5.69 Å². The first kappa shape index (κ1) is 13.3. The number of carbonyl (C=O) groups excluding carboxylic acids is 1. The lowest BCUT2D eigenvalue weighted by Crippen LogP contribution is -2.16. The van der Waals surface area contributed by atoms with Crippen molar-refractivity contribution in [1.82, 2.24) is 10.2 Å². The SMILES string of the molecule is COCC(=O)Nc1cccc(-c2n[nH]c3ccccc23)c1. The molecule has 0 saturated carbocycles. The van der Waals surface area contributed by atoms with Crippen LogP contribution in [0.25, 0.3) is 22.2 Å². The molecule has 5 heteroatoms. The highest BCUT2D eigenvalue weighted by Gasteiger charge is 2.09. The fourth-order valence-electron chi connectivity index (χ4n) is 2.26. The Morgan fingerprint density at radius 2 is 2.10 bits per heavy atom. The highest BCUT2D eigenvalue weighted by Crippen LogP contribution is 2.27. The maximum absolute atomic E-state index is 11.6. The lowest BCUT2D eigenvalue weighted by molar-refractivity contribution is -0.119. The smallest absolute Gasteiger partial charge is 0.250 e. The zero-order valence-electron chi connectivity index (χ0n) is 11.6. The number of rotatable bonds is 4. The van der Waals surface area contributed by atoms with Crippen molar-refractivity contribution < 1.29 is 9.53 Å². The van der Waals surface area contributed by atoms with Crippen molar-refractivity contribution in [2.45, 2.75) is 0 Å². The lowest BCUT2D eigenvalue weighted by atomic mass is 10.1. The molecule has 0 fully saturated rings. The van der Waals surface area contributed by atoms with E-state index in [9.17, 15) is 4.79 Å². The van der Waals surface area contributed by atoms with Crippen molar-refractivity contribution in [3.63, 3.8) is 0 Å². The molecule has 2 aromatic carbocycles. The number of benzene rings is 2. The van der Waals surface area contributed by atoms with Gasteiger partial charge in [0.25, 0.3) is 0 Å². The number of carbonyl (C=O) groups is 1. The topological polar surface area (TPSA) is 67.0 Å². The second kappa shape index (κ2) is 5.76. The van der Waals surface area contributed by atoms with Crippen LogP contribution in [0.2, 0.25) is 0 Å². The summed E-state index contributed by atoms with van der Waals surface area (Å²) in [5, 5.41) is 11.2. The molecule has 0 bridgehead atoms. The highest BCUT2D eigenvalue weighted by molar-refractivity contribution is 5.95. The standard InChI is InChI=1S/C16H15N3O2/c1-21-10-15(20)17-12-6-4-5-11(9-12)16-13-7-2-3-8-14(13)18-19-16/h2-9H,10H2,1H3,(H,17,20)(H,18,19). The van der Waals surface area contributed by atoms with Crippen LogP contribution in [0.5, 0.6) is 0 Å². The second-order valence-electron chi connectivity index (χ2n) is 4.68. The first-order valence-corrected chi connectivity index (χ1v) is 6.60. The number of amides is 1. The predicted octanol–water partition coefficient (Wildman–Crippen LogP) is 2.81. The van der Waals surface area contributed by atoms with E-state index >= 15 is 0 Å². The van der Waals surface area contributed by atoms with Crippen LogP contribution in [0.3, 0.4) is 0 Å². The maximum Gasteiger partial charge on any atom is 0.250 e. The van der Waals surface area contributed by atoms with Crippen molar-refractivity contribution in [2.24, 2.45) is 0 Å². The third kappa shape index (κ3) is 2.78. The summed E-state index contributed by atoms with van der Waals surface area (Å²) < 4.78 is 4.81. The summed E-state index contributed by atoms with van der Waals surface area (Å²) in [5.41, 5.74) is 3.53. The predicted molar refractivity (Wildman–Crippen MR) is 82.0 cm³/mol. The van der Waals surface area contributed by atoms with Crippen LogP contribution in [0.15, 0.2) is 48.5 Å². The first-order chi connectivity index (χ1) is 10.3. The van der Waals surface area contributed by atoms with E-state index < -0.39 is 0 Å². The van der Waals surface area contributed by atoms with Gasteiger partial charge in [-0.15, -0.1) is 0 Å². The van der Waals surface area contributed by atoms with E-state index in [-0.39, 0.29) is 12.5 Å². The van der Waals surface area contributed by atoms with Crippen LogP contribution in [-0.4, -0.2) is 29.8 Å². The molecule has 0 spiro atoms. The molecule has 106 valence electrons. The van der Waals surface area contributed by atoms with Crippen LogP contribution in [-0.2, 0) is 9.53 Å². The number of anilines is 1. The molecule has 0 aliphatic carbocycles. The molecule has 3 aromatic rings. The molecule has 0 aliphatic rings. The van der Waals surface area contributed by atoms with E-state index in [1.165, 1.54) is 7.11 Å². The molecule has 2 N–H and O–H groups in total. The summed E-state index contributed by atoms with van der Waals surface area (Å²) in [5.74, 6) is -0.179. The van der Waals surface area contributed by atoms with E-state index in [1.807, 2.05) is 48.5 Å². The average molecular weight is 281 g/mol. The Hall–Kier alpha value is -2.66. The highest BCUT2D eigenvalue weighted by atomic mass is 16.5. The van der Waals surface area contributed by atoms with Gasteiger partial charge in [-0.2, -0.15) is 5.10 Å². The molecule has 0 radical (unpaired) electrons. The summed E-state index contributed by atoms with van der Waals surface area (Å²) in [7, 11) is 1.49. The minimum Gasteiger partial charge on any atom is -0.375 e. The van der Waals surface area contributed by atoms with Crippen LogP contribution in [0.1, 0.15) is 0 Å². The van der Waals surface area contributed by atoms with E-state index in [0.717, 1.165) is 27.8 Å². The van der Waals surface area contributed by atoms with Gasteiger partial charge in [-0.05, 0) is 18.2 Å². The number of H-pyrrole nitrogens is 1. The van der Waals surface area contributed by atoms with E-state index in [4.69, 9.17) is 4.74 Å². The van der Waals surface area contributed by atoms with Crippen LogP contribution < -0.4 is 5.32 Å². The minimum absolute atomic E-state index is 0.0373. The third-order valence-electron chi connectivity index (χ3n) is 3.17. The maximum atomic E-state index is 11.6. The Morgan fingerprint density at radius 1 is 1.24 bits per heavy atom. The van der Waals surface area contributed by atoms with Gasteiger partial charge < -0.3 is 10.1 Å². The zero-order valence-corrected chi connectivity index (χ0v) is 11.6. The van der Waals surface area contributed by atoms with Crippen LogP contribution in [0, 0.1) is 0 Å². The molecular formula is C16H15N3O2. The Bertz CT molecular complexity index is 780. The Labute approximate surface area is 121 Å². The average Bonchev–Trinajstić information content (AvgIpc) is 2.91. The number of fused-ring (bicyclic) bond motifs is 1. The van der Waals surface area contributed by atoms with E-state index in [0.29, 0.717) is 0 Å². The molecule has 1 aromatic heterocycles. The summed E-state index contributed by atoms with van der Waals surface area (Å²) in [6.07, 6.45) is 0. The number of aromatic nitrogens is 2. The largest absolute Gasteiger partial charge is 0.375 e. The Morgan fingerprint density at radius 3 is 2.95 bits per heavy atom. The second-order valence-corrected chi connectivity index (χ2v) is 4.68. The zero-order chi connectivity index (χ0) is 14.7. The summed E-state index contributed by atoms with van der Waals surface area (Å²) >= 11 is 0. The molecule has 1 heterocycles. The van der Waals surface area contributed by atoms with Crippen LogP contribution >= 0.6 is 0 Å². The molecule has 0 unspecified atom stereocenters. The number of nitrogens with one attached hydrogen (secondary N) is 2. The molecule has 0 aliphatic heterocycles. The van der Waals surface area contributed by atoms with Crippen molar-refractivity contribution in [3.05, 3.63) is 48.5 Å². The monoisotopic (exact) mass is 281 g/mol. The molecular weight excluding hydrogens is 266 g/mol. The van der Waals surface area contributed by atoms with Gasteiger partial charge in [0.05, 0.1) is 11.2 Å². The normalized spacial score (nSPS) is 10.7. The number of hydrogen-bond donors (Lipinski definition) is 2. The van der Waals surface area contributed by atoms with Gasteiger partial charge in [-0.3, -0.25) is 9.89 Å². The number of ether oxygens (including phenoxy) is 1. The van der Waals surface area contributed by atoms with Crippen molar-refractivity contribution in [3.8, 4) is 11.3 Å². The van der Waals surface area contributed by atoms with Gasteiger partial charge in [0, 0.05) is 23.7 Å². The Kier molecular flexibility index (Phi) is 3.66. The van der Waals surface area contributed by atoms with Gasteiger partial charge in [-0.25, -0.2) is 0 Å². The van der Waals surface area contributed by atoms with Crippen molar-refractivity contribution in [1.29, 1.82) is 0 Å². The first-order valence-electron chi connectivity index (χ1n) is 6.60.